The summed E-state index contributed by atoms with van der Waals surface area (Å²) >= 11 is 0. The summed E-state index contributed by atoms with van der Waals surface area (Å²) in [6, 6.07) is 7.94. The minimum Gasteiger partial charge on any atom is -0.508 e. The molecular weight excluding hydrogens is 224 g/mol. The van der Waals surface area contributed by atoms with E-state index in [1.54, 1.807) is 6.07 Å². The summed E-state index contributed by atoms with van der Waals surface area (Å²) in [6.45, 7) is 5.75. The summed E-state index contributed by atoms with van der Waals surface area (Å²) in [5.41, 5.74) is 1.18. The van der Waals surface area contributed by atoms with E-state index in [0.29, 0.717) is 11.8 Å². The van der Waals surface area contributed by atoms with Gasteiger partial charge in [-0.15, -0.1) is 0 Å². The van der Waals surface area contributed by atoms with Gasteiger partial charge in [0.25, 0.3) is 0 Å². The molecule has 1 aromatic carbocycles. The zero-order valence-electron chi connectivity index (χ0n) is 11.6. The Balaban J connectivity index is 1.94. The highest BCUT2D eigenvalue weighted by molar-refractivity contribution is 5.29. The van der Waals surface area contributed by atoms with Crippen molar-refractivity contribution in [3.63, 3.8) is 0 Å². The van der Waals surface area contributed by atoms with E-state index in [1.165, 1.54) is 25.1 Å². The smallest absolute Gasteiger partial charge is 0.115 e. The lowest BCUT2D eigenvalue weighted by Gasteiger charge is -2.27. The van der Waals surface area contributed by atoms with E-state index < -0.39 is 0 Å². The van der Waals surface area contributed by atoms with Crippen LogP contribution in [0, 0.1) is 5.92 Å². The fourth-order valence-corrected chi connectivity index (χ4v) is 2.78. The minimum atomic E-state index is 0.350. The molecule has 2 unspecified atom stereocenters. The predicted octanol–water partition coefficient (Wildman–Crippen LogP) is 2.34. The first kappa shape index (κ1) is 13.4. The van der Waals surface area contributed by atoms with Gasteiger partial charge in [0.05, 0.1) is 0 Å². The Hall–Kier alpha value is -1.06. The highest BCUT2D eigenvalue weighted by Crippen LogP contribution is 2.24. The molecule has 0 aliphatic carbocycles. The third-order valence-corrected chi connectivity index (χ3v) is 4.05. The monoisotopic (exact) mass is 248 g/mol. The second kappa shape index (κ2) is 5.72. The number of phenols is 1. The number of hydrogen-bond acceptors (Lipinski definition) is 3. The van der Waals surface area contributed by atoms with Crippen LogP contribution in [0.15, 0.2) is 24.3 Å². The van der Waals surface area contributed by atoms with E-state index in [1.807, 2.05) is 12.1 Å². The summed E-state index contributed by atoms with van der Waals surface area (Å²) in [5.74, 6) is 1.13. The van der Waals surface area contributed by atoms with Crippen molar-refractivity contribution in [1.29, 1.82) is 0 Å². The molecule has 0 aromatic heterocycles. The topological polar surface area (TPSA) is 26.7 Å². The van der Waals surface area contributed by atoms with Gasteiger partial charge in [-0.1, -0.05) is 12.1 Å². The van der Waals surface area contributed by atoms with E-state index in [0.717, 1.165) is 12.5 Å². The number of nitrogens with zero attached hydrogens (tertiary/aromatic N) is 2. The SMILES string of the molecule is CC(c1cccc(O)c1)N(C)CC1CCN(C)C1. The molecule has 0 amide bonds. The first-order valence-electron chi connectivity index (χ1n) is 6.74. The Morgan fingerprint density at radius 1 is 1.50 bits per heavy atom. The molecule has 1 heterocycles. The molecule has 2 atom stereocenters. The van der Waals surface area contributed by atoms with E-state index in [2.05, 4.69) is 36.9 Å². The van der Waals surface area contributed by atoms with Crippen molar-refractivity contribution >= 4 is 0 Å². The first-order valence-corrected chi connectivity index (χ1v) is 6.74. The predicted molar refractivity (Wildman–Crippen MR) is 74.8 cm³/mol. The van der Waals surface area contributed by atoms with Gasteiger partial charge in [0.15, 0.2) is 0 Å². The van der Waals surface area contributed by atoms with E-state index in [-0.39, 0.29) is 0 Å². The van der Waals surface area contributed by atoms with Gasteiger partial charge in [-0.3, -0.25) is 4.90 Å². The van der Waals surface area contributed by atoms with Crippen LogP contribution in [-0.4, -0.2) is 48.6 Å². The molecule has 1 aromatic rings. The minimum absolute atomic E-state index is 0.350. The molecule has 1 fully saturated rings. The van der Waals surface area contributed by atoms with E-state index in [9.17, 15) is 5.11 Å². The number of hydrogen-bond donors (Lipinski definition) is 1. The molecule has 3 heteroatoms. The van der Waals surface area contributed by atoms with Crippen molar-refractivity contribution in [2.45, 2.75) is 19.4 Å². The Morgan fingerprint density at radius 3 is 2.89 bits per heavy atom. The van der Waals surface area contributed by atoms with Gasteiger partial charge >= 0.3 is 0 Å². The maximum Gasteiger partial charge on any atom is 0.115 e. The number of likely N-dealkylation sites (tertiary alicyclic amines) is 1. The van der Waals surface area contributed by atoms with Gasteiger partial charge in [0.2, 0.25) is 0 Å². The molecule has 18 heavy (non-hydrogen) atoms. The fourth-order valence-electron chi connectivity index (χ4n) is 2.78. The van der Waals surface area contributed by atoms with Crippen molar-refractivity contribution in [3.05, 3.63) is 29.8 Å². The normalized spacial score (nSPS) is 22.6. The summed E-state index contributed by atoms with van der Waals surface area (Å²) in [7, 11) is 4.37. The molecule has 0 radical (unpaired) electrons. The average Bonchev–Trinajstić information content (AvgIpc) is 2.73. The van der Waals surface area contributed by atoms with Crippen molar-refractivity contribution in [2.24, 2.45) is 5.92 Å². The number of phenolic OH excluding ortho intramolecular Hbond substituents is 1. The molecule has 1 saturated heterocycles. The van der Waals surface area contributed by atoms with Crippen molar-refractivity contribution in [2.75, 3.05) is 33.7 Å². The van der Waals surface area contributed by atoms with Crippen LogP contribution in [0.3, 0.4) is 0 Å². The lowest BCUT2D eigenvalue weighted by Crippen LogP contribution is -2.29. The summed E-state index contributed by atoms with van der Waals surface area (Å²) in [6.07, 6.45) is 1.30. The maximum absolute atomic E-state index is 9.54. The van der Waals surface area contributed by atoms with Crippen molar-refractivity contribution in [3.8, 4) is 5.75 Å². The van der Waals surface area contributed by atoms with Crippen LogP contribution in [0.2, 0.25) is 0 Å². The average molecular weight is 248 g/mol. The van der Waals surface area contributed by atoms with Gasteiger partial charge in [-0.05, 0) is 57.6 Å². The molecule has 0 spiro atoms. The van der Waals surface area contributed by atoms with Crippen LogP contribution in [0.5, 0.6) is 5.75 Å². The van der Waals surface area contributed by atoms with Gasteiger partial charge in [0.1, 0.15) is 5.75 Å². The molecule has 1 N–H and O–H groups in total. The van der Waals surface area contributed by atoms with Crippen LogP contribution in [0.4, 0.5) is 0 Å². The van der Waals surface area contributed by atoms with Crippen LogP contribution in [-0.2, 0) is 0 Å². The molecule has 100 valence electrons. The number of benzene rings is 1. The van der Waals surface area contributed by atoms with Crippen LogP contribution >= 0.6 is 0 Å². The molecule has 1 aliphatic rings. The molecule has 0 bridgehead atoms. The second-order valence-electron chi connectivity index (χ2n) is 5.63. The summed E-state index contributed by atoms with van der Waals surface area (Å²) < 4.78 is 0. The standard InChI is InChI=1S/C15H24N2O/c1-12(14-5-4-6-15(18)9-14)17(3)11-13-7-8-16(2)10-13/h4-6,9,12-13,18H,7-8,10-11H2,1-3H3. The van der Waals surface area contributed by atoms with E-state index >= 15 is 0 Å². The van der Waals surface area contributed by atoms with Gasteiger partial charge in [-0.2, -0.15) is 0 Å². The lowest BCUT2D eigenvalue weighted by molar-refractivity contribution is 0.219. The van der Waals surface area contributed by atoms with Crippen molar-refractivity contribution in [1.82, 2.24) is 9.80 Å². The maximum atomic E-state index is 9.54. The first-order chi connectivity index (χ1) is 8.56. The Kier molecular flexibility index (Phi) is 4.25. The lowest BCUT2D eigenvalue weighted by atomic mass is 10.0. The molecular formula is C15H24N2O. The highest BCUT2D eigenvalue weighted by atomic mass is 16.3. The zero-order valence-corrected chi connectivity index (χ0v) is 11.6. The molecule has 2 rings (SSSR count). The summed E-state index contributed by atoms with van der Waals surface area (Å²) in [5, 5.41) is 9.54. The Labute approximate surface area is 110 Å². The van der Waals surface area contributed by atoms with Gasteiger partial charge < -0.3 is 10.0 Å². The van der Waals surface area contributed by atoms with Crippen LogP contribution < -0.4 is 0 Å². The Morgan fingerprint density at radius 2 is 2.28 bits per heavy atom. The Bertz CT molecular complexity index is 394. The zero-order chi connectivity index (χ0) is 13.1. The van der Waals surface area contributed by atoms with Gasteiger partial charge in [-0.25, -0.2) is 0 Å². The number of aromatic hydroxyl groups is 1. The molecule has 3 nitrogen and oxygen atoms in total. The molecule has 0 saturated carbocycles. The highest BCUT2D eigenvalue weighted by Gasteiger charge is 2.22. The molecule has 1 aliphatic heterocycles. The van der Waals surface area contributed by atoms with Gasteiger partial charge in [0, 0.05) is 19.1 Å². The van der Waals surface area contributed by atoms with E-state index in [4.69, 9.17) is 0 Å². The van der Waals surface area contributed by atoms with Crippen LogP contribution in [0.1, 0.15) is 24.9 Å². The second-order valence-corrected chi connectivity index (χ2v) is 5.63. The number of rotatable bonds is 4. The largest absolute Gasteiger partial charge is 0.508 e. The quantitative estimate of drug-likeness (QED) is 0.886. The summed E-state index contributed by atoms with van der Waals surface area (Å²) in [4.78, 5) is 4.79. The third-order valence-electron chi connectivity index (χ3n) is 4.05. The van der Waals surface area contributed by atoms with Crippen molar-refractivity contribution < 1.29 is 5.11 Å². The van der Waals surface area contributed by atoms with Crippen LogP contribution in [0.25, 0.3) is 0 Å². The fraction of sp³-hybridized carbons (Fsp3) is 0.600. The third kappa shape index (κ3) is 3.24.